The molecule has 0 bridgehead atoms. The average Bonchev–Trinajstić information content (AvgIpc) is 3.23. The van der Waals surface area contributed by atoms with E-state index in [4.69, 9.17) is 11.6 Å². The number of rotatable bonds is 5. The number of anilines is 2. The number of carboxylic acids is 1. The van der Waals surface area contributed by atoms with E-state index in [1.54, 1.807) is 11.8 Å². The van der Waals surface area contributed by atoms with Gasteiger partial charge in [-0.25, -0.2) is 23.5 Å². The van der Waals surface area contributed by atoms with E-state index in [1.165, 1.54) is 30.3 Å². The smallest absolute Gasteiger partial charge is 0.356 e. The fourth-order valence-corrected chi connectivity index (χ4v) is 4.23. The van der Waals surface area contributed by atoms with Crippen molar-refractivity contribution in [1.82, 2.24) is 19.4 Å². The molecule has 1 atom stereocenters. The van der Waals surface area contributed by atoms with E-state index in [2.05, 4.69) is 20.3 Å². The Morgan fingerprint density at radius 2 is 1.97 bits per heavy atom. The molecule has 5 heterocycles. The van der Waals surface area contributed by atoms with Crippen molar-refractivity contribution in [2.45, 2.75) is 26.1 Å². The van der Waals surface area contributed by atoms with Gasteiger partial charge < -0.3 is 15.3 Å². The van der Waals surface area contributed by atoms with Gasteiger partial charge in [0.2, 0.25) is 0 Å². The van der Waals surface area contributed by atoms with Crippen LogP contribution in [0.5, 0.6) is 0 Å². The second-order valence-corrected chi connectivity index (χ2v) is 8.46. The molecule has 35 heavy (non-hydrogen) atoms. The highest BCUT2D eigenvalue weighted by atomic mass is 35.5. The third kappa shape index (κ3) is 4.26. The Bertz CT molecular complexity index is 1560. The zero-order valence-electron chi connectivity index (χ0n) is 18.2. The first-order valence-electron chi connectivity index (χ1n) is 10.5. The second-order valence-electron chi connectivity index (χ2n) is 8.08. The monoisotopic (exact) mass is 498 g/mol. The number of aromatic carboxylic acids is 1. The molecule has 4 aromatic rings. The van der Waals surface area contributed by atoms with Crippen molar-refractivity contribution in [2.75, 3.05) is 10.2 Å². The molecule has 178 valence electrons. The summed E-state index contributed by atoms with van der Waals surface area (Å²) in [6.07, 6.45) is 2.17. The van der Waals surface area contributed by atoms with E-state index >= 15 is 0 Å². The molecule has 12 heteroatoms. The first kappa shape index (κ1) is 22.7. The van der Waals surface area contributed by atoms with Gasteiger partial charge in [-0.05, 0) is 36.8 Å². The Kier molecular flexibility index (Phi) is 5.56. The highest BCUT2D eigenvalue weighted by molar-refractivity contribution is 6.29. The van der Waals surface area contributed by atoms with Crippen LogP contribution < -0.4 is 15.8 Å². The van der Waals surface area contributed by atoms with Gasteiger partial charge in [0.25, 0.3) is 5.56 Å². The minimum atomic E-state index is -1.29. The van der Waals surface area contributed by atoms with Crippen molar-refractivity contribution in [2.24, 2.45) is 0 Å². The molecule has 0 aromatic carbocycles. The summed E-state index contributed by atoms with van der Waals surface area (Å²) in [6, 6.07) is 6.11. The maximum absolute atomic E-state index is 14.5. The minimum absolute atomic E-state index is 0.00986. The molecule has 0 aliphatic carbocycles. The van der Waals surface area contributed by atoms with Crippen LogP contribution in [-0.4, -0.2) is 30.4 Å². The van der Waals surface area contributed by atoms with Gasteiger partial charge in [-0.3, -0.25) is 14.2 Å². The zero-order chi connectivity index (χ0) is 24.9. The Morgan fingerprint density at radius 3 is 2.74 bits per heavy atom. The second kappa shape index (κ2) is 8.58. The first-order chi connectivity index (χ1) is 16.7. The van der Waals surface area contributed by atoms with Crippen LogP contribution in [0.2, 0.25) is 5.15 Å². The molecule has 1 aliphatic heterocycles. The van der Waals surface area contributed by atoms with Crippen LogP contribution in [0.15, 0.2) is 47.5 Å². The number of nitrogens with one attached hydrogen (secondary N) is 1. The fraction of sp³-hybridized carbons (Fsp3) is 0.174. The van der Waals surface area contributed by atoms with Crippen LogP contribution in [0.4, 0.5) is 20.3 Å². The van der Waals surface area contributed by atoms with Crippen molar-refractivity contribution in [3.63, 3.8) is 0 Å². The predicted molar refractivity (Wildman–Crippen MR) is 124 cm³/mol. The van der Waals surface area contributed by atoms with Crippen LogP contribution in [0, 0.1) is 11.6 Å². The van der Waals surface area contributed by atoms with Crippen molar-refractivity contribution >= 4 is 34.7 Å². The number of pyridine rings is 3. The summed E-state index contributed by atoms with van der Waals surface area (Å²) >= 11 is 5.82. The Balaban J connectivity index is 1.56. The number of carboxylic acid groups (broad SMARTS) is 1. The molecular formula is C23H17ClF2N6O3. The Morgan fingerprint density at radius 1 is 1.17 bits per heavy atom. The molecule has 0 saturated heterocycles. The standard InChI is InChI=1S/C23H17ClF2N6O3/c1-11(28-16-2-3-18(24)29-21(16)23(34)35)15-5-14(26)9-32-20(33)6-19(30-22(15)32)31-8-12-4-13(25)7-27-17(12)10-31/h2-7,9,11,28H,8,10H2,1H3,(H,34,35)/t11-/m1/s1. The number of fused-ring (bicyclic) bond motifs is 2. The summed E-state index contributed by atoms with van der Waals surface area (Å²) in [4.78, 5) is 38.8. The van der Waals surface area contributed by atoms with E-state index in [0.29, 0.717) is 35.7 Å². The normalized spacial score (nSPS) is 13.7. The summed E-state index contributed by atoms with van der Waals surface area (Å²) in [5.41, 5.74) is 1.23. The number of hydrogen-bond donors (Lipinski definition) is 2. The Labute approximate surface area is 201 Å². The maximum atomic E-state index is 14.5. The van der Waals surface area contributed by atoms with Crippen molar-refractivity contribution in [1.29, 1.82) is 0 Å². The third-order valence-corrected chi connectivity index (χ3v) is 5.91. The van der Waals surface area contributed by atoms with Gasteiger partial charge in [-0.15, -0.1) is 0 Å². The maximum Gasteiger partial charge on any atom is 0.356 e. The number of carbonyl (C=O) groups is 1. The summed E-state index contributed by atoms with van der Waals surface area (Å²) in [7, 11) is 0. The summed E-state index contributed by atoms with van der Waals surface area (Å²) in [5.74, 6) is -2.08. The van der Waals surface area contributed by atoms with Crippen LogP contribution >= 0.6 is 11.6 Å². The number of hydrogen-bond acceptors (Lipinski definition) is 7. The lowest BCUT2D eigenvalue weighted by molar-refractivity contribution is 0.0691. The molecule has 5 rings (SSSR count). The topological polar surface area (TPSA) is 113 Å². The van der Waals surface area contributed by atoms with Gasteiger partial charge in [-0.1, -0.05) is 11.6 Å². The number of aromatic nitrogens is 4. The number of nitrogens with zero attached hydrogens (tertiary/aromatic N) is 5. The summed E-state index contributed by atoms with van der Waals surface area (Å²) in [6.45, 7) is 2.32. The molecule has 9 nitrogen and oxygen atoms in total. The molecule has 2 N–H and O–H groups in total. The van der Waals surface area contributed by atoms with Crippen molar-refractivity contribution in [3.8, 4) is 0 Å². The van der Waals surface area contributed by atoms with E-state index < -0.39 is 29.2 Å². The van der Waals surface area contributed by atoms with Gasteiger partial charge in [0.15, 0.2) is 5.69 Å². The van der Waals surface area contributed by atoms with Crippen LogP contribution in [0.25, 0.3) is 5.65 Å². The fourth-order valence-electron chi connectivity index (χ4n) is 4.08. The zero-order valence-corrected chi connectivity index (χ0v) is 18.9. The highest BCUT2D eigenvalue weighted by Gasteiger charge is 2.24. The van der Waals surface area contributed by atoms with Gasteiger partial charge in [0, 0.05) is 24.4 Å². The van der Waals surface area contributed by atoms with Crippen LogP contribution in [0.3, 0.4) is 0 Å². The van der Waals surface area contributed by atoms with Gasteiger partial charge >= 0.3 is 5.97 Å². The van der Waals surface area contributed by atoms with Crippen molar-refractivity contribution in [3.05, 3.63) is 92.4 Å². The molecule has 0 amide bonds. The molecule has 0 fully saturated rings. The minimum Gasteiger partial charge on any atom is -0.476 e. The van der Waals surface area contributed by atoms with Crippen LogP contribution in [0.1, 0.15) is 40.3 Å². The van der Waals surface area contributed by atoms with Gasteiger partial charge in [0.1, 0.15) is 28.3 Å². The third-order valence-electron chi connectivity index (χ3n) is 5.70. The first-order valence-corrected chi connectivity index (χ1v) is 10.8. The lowest BCUT2D eigenvalue weighted by Gasteiger charge is -2.21. The molecular weight excluding hydrogens is 482 g/mol. The summed E-state index contributed by atoms with van der Waals surface area (Å²) in [5, 5.41) is 12.5. The van der Waals surface area contributed by atoms with E-state index in [9.17, 15) is 23.5 Å². The molecule has 0 unspecified atom stereocenters. The van der Waals surface area contributed by atoms with Gasteiger partial charge in [0.05, 0.1) is 30.2 Å². The summed E-state index contributed by atoms with van der Waals surface area (Å²) < 4.78 is 29.1. The Hall–Kier alpha value is -4.12. The van der Waals surface area contributed by atoms with Gasteiger partial charge in [-0.2, -0.15) is 0 Å². The van der Waals surface area contributed by atoms with Crippen molar-refractivity contribution < 1.29 is 18.7 Å². The largest absolute Gasteiger partial charge is 0.476 e. The van der Waals surface area contributed by atoms with E-state index in [0.717, 1.165) is 16.8 Å². The molecule has 4 aromatic heterocycles. The highest BCUT2D eigenvalue weighted by Crippen LogP contribution is 2.29. The lowest BCUT2D eigenvalue weighted by atomic mass is 10.1. The predicted octanol–water partition coefficient (Wildman–Crippen LogP) is 3.81. The lowest BCUT2D eigenvalue weighted by Crippen LogP contribution is -2.24. The SMILES string of the molecule is C[C@@H](Nc1ccc(Cl)nc1C(=O)O)c1cc(F)cn2c(=O)cc(N3Cc4cc(F)cnc4C3)nc12. The molecule has 1 aliphatic rings. The molecule has 0 saturated carbocycles. The molecule has 0 radical (unpaired) electrons. The van der Waals surface area contributed by atoms with E-state index in [1.807, 2.05) is 0 Å². The van der Waals surface area contributed by atoms with E-state index in [-0.39, 0.29) is 22.2 Å². The average molecular weight is 499 g/mol. The molecule has 0 spiro atoms. The number of halogens is 3. The van der Waals surface area contributed by atoms with Crippen LogP contribution in [-0.2, 0) is 13.1 Å². The quantitative estimate of drug-likeness (QED) is 0.399.